The van der Waals surface area contributed by atoms with E-state index in [1.165, 1.54) is 6.07 Å². The molecule has 0 atom stereocenters. The summed E-state index contributed by atoms with van der Waals surface area (Å²) in [6, 6.07) is 15.2. The lowest BCUT2D eigenvalue weighted by atomic mass is 9.96. The molecule has 0 bridgehead atoms. The summed E-state index contributed by atoms with van der Waals surface area (Å²) in [6.45, 7) is 2.14. The van der Waals surface area contributed by atoms with Gasteiger partial charge in [-0.2, -0.15) is 8.42 Å². The second kappa shape index (κ2) is 6.97. The topological polar surface area (TPSA) is 88.3 Å². The standard InChI is InChI=1S/C23H20N2O4S/c1-2-15-12-17(14-6-4-3-5-7-14)20(24-15)13-18-22-16-10-11-29-30(27,28)21(16)9-8-19(22)25-23(18)26/h3-9,12-13,24H,2,10-11H2,1H3,(H,25,26)/b18-13-. The van der Waals surface area contributed by atoms with Crippen LogP contribution in [0.15, 0.2) is 53.4 Å². The molecule has 0 spiro atoms. The number of carbonyl (C=O) groups is 1. The summed E-state index contributed by atoms with van der Waals surface area (Å²) < 4.78 is 29.7. The molecule has 3 aromatic rings. The normalized spacial score (nSPS) is 18.2. The third-order valence-electron chi connectivity index (χ3n) is 5.55. The fourth-order valence-electron chi connectivity index (χ4n) is 4.11. The van der Waals surface area contributed by atoms with Gasteiger partial charge in [0.25, 0.3) is 16.0 Å². The Labute approximate surface area is 174 Å². The number of benzene rings is 2. The van der Waals surface area contributed by atoms with Crippen LogP contribution in [0, 0.1) is 0 Å². The Morgan fingerprint density at radius 1 is 1.13 bits per heavy atom. The second-order valence-corrected chi connectivity index (χ2v) is 8.93. The van der Waals surface area contributed by atoms with Crippen molar-refractivity contribution in [2.24, 2.45) is 0 Å². The average Bonchev–Trinajstić information content (AvgIpc) is 3.29. The van der Waals surface area contributed by atoms with E-state index < -0.39 is 10.1 Å². The Balaban J connectivity index is 1.71. The number of amides is 1. The Hall–Kier alpha value is -3.16. The predicted molar refractivity (Wildman–Crippen MR) is 115 cm³/mol. The highest BCUT2D eigenvalue weighted by Crippen LogP contribution is 2.41. The molecule has 2 N–H and O–H groups in total. The Morgan fingerprint density at radius 2 is 1.93 bits per heavy atom. The van der Waals surface area contributed by atoms with Crippen molar-refractivity contribution in [2.45, 2.75) is 24.7 Å². The number of anilines is 1. The van der Waals surface area contributed by atoms with E-state index in [2.05, 4.69) is 23.3 Å². The molecule has 1 aromatic heterocycles. The molecular weight excluding hydrogens is 400 g/mol. The first-order chi connectivity index (χ1) is 14.5. The molecule has 30 heavy (non-hydrogen) atoms. The molecule has 2 aliphatic heterocycles. The molecule has 0 unspecified atom stereocenters. The largest absolute Gasteiger partial charge is 0.358 e. The molecule has 0 radical (unpaired) electrons. The van der Waals surface area contributed by atoms with Gasteiger partial charge in [0.2, 0.25) is 0 Å². The molecule has 2 aromatic carbocycles. The highest BCUT2D eigenvalue weighted by Gasteiger charge is 2.34. The molecule has 0 aliphatic carbocycles. The zero-order chi connectivity index (χ0) is 20.9. The zero-order valence-electron chi connectivity index (χ0n) is 16.4. The van der Waals surface area contributed by atoms with Crippen LogP contribution in [0.4, 0.5) is 5.69 Å². The van der Waals surface area contributed by atoms with Crippen LogP contribution in [0.3, 0.4) is 0 Å². The summed E-state index contributed by atoms with van der Waals surface area (Å²) >= 11 is 0. The van der Waals surface area contributed by atoms with Gasteiger partial charge < -0.3 is 10.3 Å². The number of H-pyrrole nitrogens is 1. The van der Waals surface area contributed by atoms with E-state index in [9.17, 15) is 13.2 Å². The van der Waals surface area contributed by atoms with Crippen LogP contribution in [-0.4, -0.2) is 25.9 Å². The number of hydrogen-bond donors (Lipinski definition) is 2. The van der Waals surface area contributed by atoms with Gasteiger partial charge in [-0.25, -0.2) is 0 Å². The minimum absolute atomic E-state index is 0.0744. The predicted octanol–water partition coefficient (Wildman–Crippen LogP) is 4.00. The van der Waals surface area contributed by atoms with E-state index in [1.54, 1.807) is 6.07 Å². The Bertz CT molecular complexity index is 1300. The number of rotatable bonds is 3. The number of hydrogen-bond acceptors (Lipinski definition) is 4. The number of fused-ring (bicyclic) bond motifs is 3. The van der Waals surface area contributed by atoms with Gasteiger partial charge in [-0.05, 0) is 48.2 Å². The van der Waals surface area contributed by atoms with Crippen LogP contribution in [0.5, 0.6) is 0 Å². The summed E-state index contributed by atoms with van der Waals surface area (Å²) in [4.78, 5) is 16.4. The average molecular weight is 420 g/mol. The lowest BCUT2D eigenvalue weighted by Gasteiger charge is -2.19. The Morgan fingerprint density at radius 3 is 2.70 bits per heavy atom. The van der Waals surface area contributed by atoms with Crippen LogP contribution in [0.25, 0.3) is 22.8 Å². The molecule has 6 nitrogen and oxygen atoms in total. The van der Waals surface area contributed by atoms with Gasteiger partial charge in [-0.15, -0.1) is 0 Å². The highest BCUT2D eigenvalue weighted by molar-refractivity contribution is 7.86. The highest BCUT2D eigenvalue weighted by atomic mass is 32.2. The van der Waals surface area contributed by atoms with Gasteiger partial charge >= 0.3 is 0 Å². The van der Waals surface area contributed by atoms with Gasteiger partial charge in [0, 0.05) is 28.2 Å². The first-order valence-electron chi connectivity index (χ1n) is 9.84. The fraction of sp³-hybridized carbons (Fsp3) is 0.174. The van der Waals surface area contributed by atoms with Gasteiger partial charge in [-0.1, -0.05) is 37.3 Å². The van der Waals surface area contributed by atoms with Gasteiger partial charge in [0.05, 0.1) is 17.1 Å². The first-order valence-corrected chi connectivity index (χ1v) is 11.2. The minimum Gasteiger partial charge on any atom is -0.358 e. The third kappa shape index (κ3) is 2.98. The smallest absolute Gasteiger partial charge is 0.297 e. The third-order valence-corrected chi connectivity index (χ3v) is 6.95. The van der Waals surface area contributed by atoms with Crippen LogP contribution in [0.1, 0.15) is 29.4 Å². The number of aryl methyl sites for hydroxylation is 1. The van der Waals surface area contributed by atoms with Crippen molar-refractivity contribution in [2.75, 3.05) is 11.9 Å². The summed E-state index contributed by atoms with van der Waals surface area (Å²) in [5, 5.41) is 2.87. The van der Waals surface area contributed by atoms with E-state index in [0.29, 0.717) is 28.8 Å². The van der Waals surface area contributed by atoms with Gasteiger partial charge in [0.15, 0.2) is 0 Å². The van der Waals surface area contributed by atoms with Crippen LogP contribution in [-0.2, 0) is 31.9 Å². The fourth-order valence-corrected chi connectivity index (χ4v) is 5.28. The summed E-state index contributed by atoms with van der Waals surface area (Å²) in [5.74, 6) is -0.242. The maximum absolute atomic E-state index is 12.8. The van der Waals surface area contributed by atoms with Crippen molar-refractivity contribution in [1.82, 2.24) is 4.98 Å². The van der Waals surface area contributed by atoms with Crippen LogP contribution < -0.4 is 5.32 Å². The number of carbonyl (C=O) groups excluding carboxylic acids is 1. The molecular formula is C23H20N2O4S. The monoisotopic (exact) mass is 420 g/mol. The minimum atomic E-state index is -3.80. The molecule has 7 heteroatoms. The van der Waals surface area contributed by atoms with E-state index in [4.69, 9.17) is 4.18 Å². The van der Waals surface area contributed by atoms with E-state index in [1.807, 2.05) is 36.4 Å². The SMILES string of the molecule is CCc1cc(-c2ccccc2)c(/C=C2\C(=O)Nc3ccc4c(c32)CCOS4(=O)=O)[nH]1. The van der Waals surface area contributed by atoms with E-state index >= 15 is 0 Å². The van der Waals surface area contributed by atoms with E-state index in [-0.39, 0.29) is 17.4 Å². The maximum Gasteiger partial charge on any atom is 0.297 e. The van der Waals surface area contributed by atoms with Crippen LogP contribution in [0.2, 0.25) is 0 Å². The maximum atomic E-state index is 12.8. The van der Waals surface area contributed by atoms with Crippen molar-refractivity contribution >= 4 is 33.4 Å². The first kappa shape index (κ1) is 18.8. The lowest BCUT2D eigenvalue weighted by Crippen LogP contribution is -2.19. The molecule has 0 fully saturated rings. The Kier molecular flexibility index (Phi) is 4.38. The molecule has 2 aliphatic rings. The quantitative estimate of drug-likeness (QED) is 0.495. The molecule has 5 rings (SSSR count). The van der Waals surface area contributed by atoms with Gasteiger partial charge in [0.1, 0.15) is 0 Å². The van der Waals surface area contributed by atoms with Crippen molar-refractivity contribution in [3.8, 4) is 11.1 Å². The van der Waals surface area contributed by atoms with Gasteiger partial charge in [-0.3, -0.25) is 8.98 Å². The number of aromatic amines is 1. The van der Waals surface area contributed by atoms with Crippen molar-refractivity contribution in [1.29, 1.82) is 0 Å². The van der Waals surface area contributed by atoms with E-state index in [0.717, 1.165) is 28.9 Å². The number of aromatic nitrogens is 1. The second-order valence-electron chi connectivity index (χ2n) is 7.34. The number of nitrogens with one attached hydrogen (secondary N) is 2. The summed E-state index contributed by atoms with van der Waals surface area (Å²) in [6.07, 6.45) is 3.09. The molecule has 0 saturated carbocycles. The molecule has 3 heterocycles. The zero-order valence-corrected chi connectivity index (χ0v) is 17.2. The summed E-state index contributed by atoms with van der Waals surface area (Å²) in [5.41, 5.74) is 6.30. The van der Waals surface area contributed by atoms with Crippen LogP contribution >= 0.6 is 0 Å². The van der Waals surface area contributed by atoms with Crippen molar-refractivity contribution < 1.29 is 17.4 Å². The van der Waals surface area contributed by atoms with Crippen molar-refractivity contribution in [3.63, 3.8) is 0 Å². The lowest BCUT2D eigenvalue weighted by molar-refractivity contribution is -0.110. The van der Waals surface area contributed by atoms with Crippen molar-refractivity contribution in [3.05, 3.63) is 71.0 Å². The molecule has 1 amide bonds. The molecule has 152 valence electrons. The molecule has 0 saturated heterocycles. The summed E-state index contributed by atoms with van der Waals surface area (Å²) in [7, 11) is -3.80.